The lowest BCUT2D eigenvalue weighted by molar-refractivity contribution is 0.102. The molecule has 0 unspecified atom stereocenters. The smallest absolute Gasteiger partial charge is 0.258 e. The second kappa shape index (κ2) is 7.53. The molecule has 1 amide bonds. The van der Waals surface area contributed by atoms with E-state index in [2.05, 4.69) is 25.3 Å². The molecule has 0 fully saturated rings. The van der Waals surface area contributed by atoms with Gasteiger partial charge in [0.05, 0.1) is 11.3 Å². The van der Waals surface area contributed by atoms with Crippen LogP contribution in [0.2, 0.25) is 5.15 Å². The fraction of sp³-hybridized carbons (Fsp3) is 0.167. The van der Waals surface area contributed by atoms with Gasteiger partial charge in [-0.15, -0.1) is 0 Å². The van der Waals surface area contributed by atoms with E-state index < -0.39 is 11.7 Å². The maximum absolute atomic E-state index is 14.1. The Bertz CT molecular complexity index is 947. The van der Waals surface area contributed by atoms with E-state index in [0.29, 0.717) is 11.4 Å². The van der Waals surface area contributed by atoms with Gasteiger partial charge in [0.25, 0.3) is 5.91 Å². The molecule has 3 heterocycles. The Morgan fingerprint density at radius 2 is 1.85 bits per heavy atom. The molecule has 132 valence electrons. The molecule has 0 aliphatic rings. The molecular formula is C18H15ClFN5O. The Balaban J connectivity index is 1.95. The summed E-state index contributed by atoms with van der Waals surface area (Å²) in [6.07, 6.45) is 5.74. The zero-order valence-electron chi connectivity index (χ0n) is 14.1. The predicted molar refractivity (Wildman–Crippen MR) is 96.5 cm³/mol. The van der Waals surface area contributed by atoms with Crippen LogP contribution in [0.4, 0.5) is 10.1 Å². The summed E-state index contributed by atoms with van der Waals surface area (Å²) in [7, 11) is 0. The van der Waals surface area contributed by atoms with E-state index in [4.69, 9.17) is 11.6 Å². The molecule has 0 bridgehead atoms. The molecule has 0 radical (unpaired) electrons. The average Bonchev–Trinajstić information content (AvgIpc) is 2.64. The number of halogens is 2. The molecule has 0 aromatic carbocycles. The lowest BCUT2D eigenvalue weighted by atomic mass is 10.1. The summed E-state index contributed by atoms with van der Waals surface area (Å²) in [6, 6.07) is 4.29. The molecule has 3 aromatic rings. The first-order chi connectivity index (χ1) is 12.5. The van der Waals surface area contributed by atoms with Crippen molar-refractivity contribution < 1.29 is 9.18 Å². The molecule has 3 rings (SSSR count). The van der Waals surface area contributed by atoms with Gasteiger partial charge in [0.1, 0.15) is 17.3 Å². The fourth-order valence-corrected chi connectivity index (χ4v) is 2.48. The third-order valence-electron chi connectivity index (χ3n) is 3.61. The molecule has 6 nitrogen and oxygen atoms in total. The van der Waals surface area contributed by atoms with Crippen LogP contribution in [-0.2, 0) is 0 Å². The molecule has 8 heteroatoms. The fourth-order valence-electron chi connectivity index (χ4n) is 2.28. The van der Waals surface area contributed by atoms with Gasteiger partial charge in [-0.25, -0.2) is 19.3 Å². The van der Waals surface area contributed by atoms with Crippen molar-refractivity contribution in [3.63, 3.8) is 0 Å². The number of aromatic nitrogens is 4. The first-order valence-electron chi connectivity index (χ1n) is 7.86. The number of anilines is 1. The third kappa shape index (κ3) is 3.67. The van der Waals surface area contributed by atoms with E-state index in [9.17, 15) is 9.18 Å². The summed E-state index contributed by atoms with van der Waals surface area (Å²) in [6.45, 7) is 3.91. The van der Waals surface area contributed by atoms with Gasteiger partial charge in [0.15, 0.2) is 5.15 Å². The Morgan fingerprint density at radius 1 is 1.12 bits per heavy atom. The summed E-state index contributed by atoms with van der Waals surface area (Å²) in [5.41, 5.74) is 0.820. The second-order valence-corrected chi connectivity index (χ2v) is 6.15. The van der Waals surface area contributed by atoms with Crippen molar-refractivity contribution in [2.45, 2.75) is 19.8 Å². The predicted octanol–water partition coefficient (Wildman–Crippen LogP) is 4.10. The van der Waals surface area contributed by atoms with Crippen LogP contribution in [0.5, 0.6) is 0 Å². The van der Waals surface area contributed by atoms with Crippen molar-refractivity contribution in [2.24, 2.45) is 0 Å². The minimum Gasteiger partial charge on any atom is -0.319 e. The topological polar surface area (TPSA) is 80.7 Å². The number of rotatable bonds is 4. The first kappa shape index (κ1) is 17.9. The standard InChI is InChI=1S/C18H15ClFN5O/c1-10(2)17-23-8-11(9-24-17)18(26)25-15-12(5-7-22-16(15)19)14-13(20)4-3-6-21-14/h3-10H,1-2H3,(H,25,26). The van der Waals surface area contributed by atoms with Crippen LogP contribution in [0.15, 0.2) is 43.0 Å². The van der Waals surface area contributed by atoms with Crippen LogP contribution in [0.3, 0.4) is 0 Å². The second-order valence-electron chi connectivity index (χ2n) is 5.80. The number of hydrogen-bond donors (Lipinski definition) is 1. The molecular weight excluding hydrogens is 357 g/mol. The molecule has 0 saturated carbocycles. The minimum atomic E-state index is -0.533. The molecule has 0 saturated heterocycles. The highest BCUT2D eigenvalue weighted by Gasteiger charge is 2.18. The van der Waals surface area contributed by atoms with E-state index in [1.807, 2.05) is 13.8 Å². The summed E-state index contributed by atoms with van der Waals surface area (Å²) < 4.78 is 14.1. The summed E-state index contributed by atoms with van der Waals surface area (Å²) in [5.74, 6) is -0.224. The third-order valence-corrected chi connectivity index (χ3v) is 3.89. The quantitative estimate of drug-likeness (QED) is 0.698. The van der Waals surface area contributed by atoms with Crippen LogP contribution >= 0.6 is 11.6 Å². The van der Waals surface area contributed by atoms with E-state index in [1.54, 1.807) is 0 Å². The highest BCUT2D eigenvalue weighted by Crippen LogP contribution is 2.33. The van der Waals surface area contributed by atoms with Crippen LogP contribution in [0.1, 0.15) is 35.9 Å². The SMILES string of the molecule is CC(C)c1ncc(C(=O)Nc2c(-c3ncccc3F)ccnc2Cl)cn1. The number of hydrogen-bond acceptors (Lipinski definition) is 5. The van der Waals surface area contributed by atoms with Crippen LogP contribution in [-0.4, -0.2) is 25.8 Å². The van der Waals surface area contributed by atoms with Gasteiger partial charge in [-0.2, -0.15) is 0 Å². The van der Waals surface area contributed by atoms with Gasteiger partial charge in [-0.1, -0.05) is 25.4 Å². The molecule has 0 aliphatic heterocycles. The van der Waals surface area contributed by atoms with Crippen LogP contribution in [0, 0.1) is 5.82 Å². The van der Waals surface area contributed by atoms with Gasteiger partial charge in [-0.05, 0) is 18.2 Å². The van der Waals surface area contributed by atoms with Gasteiger partial charge in [-0.3, -0.25) is 9.78 Å². The van der Waals surface area contributed by atoms with E-state index in [0.717, 1.165) is 0 Å². The number of carbonyl (C=O) groups excluding carboxylic acids is 1. The number of pyridine rings is 2. The molecule has 1 N–H and O–H groups in total. The molecule has 0 spiro atoms. The maximum Gasteiger partial charge on any atom is 0.258 e. The number of carbonyl (C=O) groups is 1. The monoisotopic (exact) mass is 371 g/mol. The number of nitrogens with zero attached hydrogens (tertiary/aromatic N) is 4. The number of nitrogens with one attached hydrogen (secondary N) is 1. The van der Waals surface area contributed by atoms with E-state index in [1.165, 1.54) is 43.0 Å². The largest absolute Gasteiger partial charge is 0.319 e. The van der Waals surface area contributed by atoms with E-state index >= 15 is 0 Å². The van der Waals surface area contributed by atoms with Crippen molar-refractivity contribution in [2.75, 3.05) is 5.32 Å². The van der Waals surface area contributed by atoms with Gasteiger partial charge in [0, 0.05) is 36.3 Å². The van der Waals surface area contributed by atoms with Gasteiger partial charge in [0.2, 0.25) is 0 Å². The minimum absolute atomic E-state index is 0.0284. The maximum atomic E-state index is 14.1. The van der Waals surface area contributed by atoms with Crippen molar-refractivity contribution in [3.8, 4) is 11.3 Å². The zero-order valence-corrected chi connectivity index (χ0v) is 14.8. The van der Waals surface area contributed by atoms with E-state index in [-0.39, 0.29) is 28.0 Å². The van der Waals surface area contributed by atoms with Crippen LogP contribution < -0.4 is 5.32 Å². The van der Waals surface area contributed by atoms with Gasteiger partial charge >= 0.3 is 0 Å². The lowest BCUT2D eigenvalue weighted by Crippen LogP contribution is -2.15. The van der Waals surface area contributed by atoms with Crippen molar-refractivity contribution in [1.29, 1.82) is 0 Å². The molecule has 0 atom stereocenters. The molecule has 3 aromatic heterocycles. The normalized spacial score (nSPS) is 10.8. The highest BCUT2D eigenvalue weighted by molar-refractivity contribution is 6.33. The Kier molecular flexibility index (Phi) is 5.18. The summed E-state index contributed by atoms with van der Waals surface area (Å²) >= 11 is 6.12. The summed E-state index contributed by atoms with van der Waals surface area (Å²) in [4.78, 5) is 28.8. The van der Waals surface area contributed by atoms with Crippen molar-refractivity contribution in [1.82, 2.24) is 19.9 Å². The van der Waals surface area contributed by atoms with Gasteiger partial charge < -0.3 is 5.32 Å². The Labute approximate surface area is 154 Å². The zero-order chi connectivity index (χ0) is 18.7. The van der Waals surface area contributed by atoms with Crippen molar-refractivity contribution >= 4 is 23.2 Å². The first-order valence-corrected chi connectivity index (χ1v) is 8.24. The van der Waals surface area contributed by atoms with Crippen LogP contribution in [0.25, 0.3) is 11.3 Å². The number of amides is 1. The lowest BCUT2D eigenvalue weighted by Gasteiger charge is -2.12. The average molecular weight is 372 g/mol. The Morgan fingerprint density at radius 3 is 2.50 bits per heavy atom. The Hall–Kier alpha value is -2.93. The molecule has 0 aliphatic carbocycles. The highest BCUT2D eigenvalue weighted by atomic mass is 35.5. The summed E-state index contributed by atoms with van der Waals surface area (Å²) in [5, 5.41) is 2.68. The molecule has 26 heavy (non-hydrogen) atoms. The van der Waals surface area contributed by atoms with Crippen molar-refractivity contribution in [3.05, 3.63) is 65.3 Å².